The van der Waals surface area contributed by atoms with Gasteiger partial charge in [-0.2, -0.15) is 0 Å². The summed E-state index contributed by atoms with van der Waals surface area (Å²) < 4.78 is 5.86. The van der Waals surface area contributed by atoms with Gasteiger partial charge in [0.1, 0.15) is 11.5 Å². The third-order valence-corrected chi connectivity index (χ3v) is 4.11. The van der Waals surface area contributed by atoms with Gasteiger partial charge in [0.05, 0.1) is 6.54 Å². The lowest BCUT2D eigenvalue weighted by Crippen LogP contribution is -2.22. The van der Waals surface area contributed by atoms with Crippen LogP contribution in [-0.2, 0) is 13.1 Å². The molecule has 5 nitrogen and oxygen atoms in total. The van der Waals surface area contributed by atoms with Gasteiger partial charge in [-0.15, -0.1) is 24.0 Å². The highest BCUT2D eigenvalue weighted by molar-refractivity contribution is 14.0. The summed E-state index contributed by atoms with van der Waals surface area (Å²) in [4.78, 5) is 6.64. The topological polar surface area (TPSA) is 62.9 Å². The van der Waals surface area contributed by atoms with Gasteiger partial charge in [-0.1, -0.05) is 48.5 Å². The van der Waals surface area contributed by atoms with Crippen molar-refractivity contribution >= 4 is 35.6 Å². The second kappa shape index (κ2) is 11.4. The van der Waals surface area contributed by atoms with Crippen molar-refractivity contribution < 1.29 is 4.74 Å². The molecule has 0 fully saturated rings. The van der Waals surface area contributed by atoms with Crippen LogP contribution in [0.3, 0.4) is 0 Å². The summed E-state index contributed by atoms with van der Waals surface area (Å²) in [7, 11) is 4.11. The maximum atomic E-state index is 6.10. The van der Waals surface area contributed by atoms with Crippen molar-refractivity contribution in [3.63, 3.8) is 0 Å². The summed E-state index contributed by atoms with van der Waals surface area (Å²) >= 11 is 0. The van der Waals surface area contributed by atoms with E-state index in [0.29, 0.717) is 12.5 Å². The van der Waals surface area contributed by atoms with Crippen molar-refractivity contribution in [3.05, 3.63) is 90.0 Å². The molecule has 3 aromatic rings. The first kappa shape index (κ1) is 22.7. The van der Waals surface area contributed by atoms with Crippen LogP contribution in [0.2, 0.25) is 0 Å². The average Bonchev–Trinajstić information content (AvgIpc) is 2.68. The molecule has 0 spiro atoms. The Bertz CT molecular complexity index is 929. The number of rotatable bonds is 7. The molecule has 3 aromatic carbocycles. The molecule has 0 amide bonds. The Balaban J connectivity index is 0.00000300. The first-order chi connectivity index (χ1) is 13.6. The Morgan fingerprint density at radius 3 is 2.28 bits per heavy atom. The number of nitrogens with zero attached hydrogens (tertiary/aromatic N) is 2. The molecule has 29 heavy (non-hydrogen) atoms. The van der Waals surface area contributed by atoms with Crippen LogP contribution in [0.25, 0.3) is 0 Å². The Morgan fingerprint density at radius 2 is 1.55 bits per heavy atom. The molecule has 3 rings (SSSR count). The average molecular weight is 502 g/mol. The van der Waals surface area contributed by atoms with Gasteiger partial charge in [0.2, 0.25) is 0 Å². The van der Waals surface area contributed by atoms with Gasteiger partial charge in [-0.3, -0.25) is 0 Å². The number of nitrogens with two attached hydrogens (primary N) is 1. The van der Waals surface area contributed by atoms with Gasteiger partial charge in [0.15, 0.2) is 5.96 Å². The van der Waals surface area contributed by atoms with Crippen LogP contribution < -0.4 is 15.8 Å². The van der Waals surface area contributed by atoms with E-state index in [2.05, 4.69) is 41.4 Å². The number of ether oxygens (including phenoxy) is 1. The highest BCUT2D eigenvalue weighted by Crippen LogP contribution is 2.23. The maximum Gasteiger partial charge on any atom is 0.193 e. The van der Waals surface area contributed by atoms with E-state index < -0.39 is 0 Å². The molecule has 0 aliphatic carbocycles. The highest BCUT2D eigenvalue weighted by atomic mass is 127. The zero-order valence-electron chi connectivity index (χ0n) is 16.7. The number of anilines is 1. The predicted octanol–water partition coefficient (Wildman–Crippen LogP) is 5.09. The van der Waals surface area contributed by atoms with Crippen molar-refractivity contribution in [2.24, 2.45) is 10.7 Å². The Morgan fingerprint density at radius 1 is 0.897 bits per heavy atom. The Hall–Kier alpha value is -2.58. The Kier molecular flexibility index (Phi) is 8.95. The van der Waals surface area contributed by atoms with Crippen molar-refractivity contribution in [2.75, 3.05) is 19.4 Å². The van der Waals surface area contributed by atoms with E-state index in [-0.39, 0.29) is 24.0 Å². The fourth-order valence-electron chi connectivity index (χ4n) is 2.83. The molecule has 152 valence electrons. The third kappa shape index (κ3) is 7.40. The zero-order chi connectivity index (χ0) is 19.8. The van der Waals surface area contributed by atoms with Crippen LogP contribution in [0.4, 0.5) is 5.69 Å². The lowest BCUT2D eigenvalue weighted by molar-refractivity contribution is 0.401. The number of para-hydroxylation sites is 1. The van der Waals surface area contributed by atoms with Gasteiger partial charge >= 0.3 is 0 Å². The number of benzene rings is 3. The van der Waals surface area contributed by atoms with Crippen LogP contribution >= 0.6 is 24.0 Å². The molecule has 0 radical (unpaired) electrons. The number of hydrogen-bond acceptors (Lipinski definition) is 3. The quantitative estimate of drug-likeness (QED) is 0.269. The van der Waals surface area contributed by atoms with Crippen LogP contribution in [0, 0.1) is 0 Å². The lowest BCUT2D eigenvalue weighted by atomic mass is 10.1. The molecule has 0 unspecified atom stereocenters. The predicted molar refractivity (Wildman–Crippen MR) is 131 cm³/mol. The summed E-state index contributed by atoms with van der Waals surface area (Å²) in [6.07, 6.45) is 0. The number of halogens is 1. The molecular formula is C23H27IN4O. The van der Waals surface area contributed by atoms with E-state index >= 15 is 0 Å². The molecule has 0 aliphatic heterocycles. The van der Waals surface area contributed by atoms with E-state index in [1.54, 1.807) is 0 Å². The Labute approximate surface area is 189 Å². The second-order valence-corrected chi connectivity index (χ2v) is 6.78. The normalized spacial score (nSPS) is 11.1. The summed E-state index contributed by atoms with van der Waals surface area (Å²) in [5.41, 5.74) is 9.35. The lowest BCUT2D eigenvalue weighted by Gasteiger charge is -2.13. The van der Waals surface area contributed by atoms with Crippen molar-refractivity contribution in [3.8, 4) is 11.5 Å². The second-order valence-electron chi connectivity index (χ2n) is 6.78. The molecule has 0 aliphatic rings. The SMILES string of the molecule is CN(C)Cc1ccccc1CN=C(N)Nc1cccc(Oc2ccccc2)c1.I. The molecule has 3 N–H and O–H groups in total. The van der Waals surface area contributed by atoms with E-state index in [0.717, 1.165) is 23.7 Å². The van der Waals surface area contributed by atoms with Crippen LogP contribution in [0.1, 0.15) is 11.1 Å². The molecule has 0 aromatic heterocycles. The van der Waals surface area contributed by atoms with Crippen LogP contribution in [0.5, 0.6) is 11.5 Å². The van der Waals surface area contributed by atoms with Crippen molar-refractivity contribution in [1.82, 2.24) is 4.90 Å². The van der Waals surface area contributed by atoms with Crippen molar-refractivity contribution in [2.45, 2.75) is 13.1 Å². The minimum atomic E-state index is 0. The minimum absolute atomic E-state index is 0. The molecule has 0 saturated carbocycles. The van der Waals surface area contributed by atoms with E-state index in [4.69, 9.17) is 10.5 Å². The van der Waals surface area contributed by atoms with E-state index in [1.165, 1.54) is 11.1 Å². The number of hydrogen-bond donors (Lipinski definition) is 2. The van der Waals surface area contributed by atoms with Gasteiger partial charge in [0.25, 0.3) is 0 Å². The summed E-state index contributed by atoms with van der Waals surface area (Å²) in [5.74, 6) is 1.90. The molecule has 0 saturated heterocycles. The number of aliphatic imine (C=N–C) groups is 1. The molecular weight excluding hydrogens is 475 g/mol. The van der Waals surface area contributed by atoms with Crippen LogP contribution in [0.15, 0.2) is 83.9 Å². The van der Waals surface area contributed by atoms with Gasteiger partial charge in [-0.25, -0.2) is 4.99 Å². The first-order valence-corrected chi connectivity index (χ1v) is 9.21. The maximum absolute atomic E-state index is 6.10. The third-order valence-electron chi connectivity index (χ3n) is 4.11. The van der Waals surface area contributed by atoms with Crippen molar-refractivity contribution in [1.29, 1.82) is 0 Å². The van der Waals surface area contributed by atoms with Crippen LogP contribution in [-0.4, -0.2) is 25.0 Å². The fraction of sp³-hybridized carbons (Fsp3) is 0.174. The first-order valence-electron chi connectivity index (χ1n) is 9.21. The van der Waals surface area contributed by atoms with Gasteiger partial charge in [0, 0.05) is 18.3 Å². The van der Waals surface area contributed by atoms with E-state index in [1.807, 2.05) is 66.7 Å². The summed E-state index contributed by atoms with van der Waals surface area (Å²) in [6.45, 7) is 1.40. The summed E-state index contributed by atoms with van der Waals surface area (Å²) in [5, 5.41) is 3.14. The number of nitrogens with one attached hydrogen (secondary N) is 1. The standard InChI is InChI=1S/C23H26N4O.HI/c1-27(2)17-19-10-7-6-9-18(19)16-25-23(24)26-20-11-8-14-22(15-20)28-21-12-4-3-5-13-21;/h3-15H,16-17H2,1-2H3,(H3,24,25,26);1H. The van der Waals surface area contributed by atoms with Gasteiger partial charge in [-0.05, 0) is 49.5 Å². The molecule has 0 heterocycles. The number of guanidine groups is 1. The smallest absolute Gasteiger partial charge is 0.193 e. The highest BCUT2D eigenvalue weighted by Gasteiger charge is 2.04. The fourth-order valence-corrected chi connectivity index (χ4v) is 2.83. The van der Waals surface area contributed by atoms with E-state index in [9.17, 15) is 0 Å². The largest absolute Gasteiger partial charge is 0.457 e. The van der Waals surface area contributed by atoms with Gasteiger partial charge < -0.3 is 20.7 Å². The molecule has 0 bridgehead atoms. The monoisotopic (exact) mass is 502 g/mol. The summed E-state index contributed by atoms with van der Waals surface area (Å²) in [6, 6.07) is 25.6. The minimum Gasteiger partial charge on any atom is -0.457 e. The molecule has 0 atom stereocenters. The zero-order valence-corrected chi connectivity index (χ0v) is 19.0. The molecule has 6 heteroatoms.